The molecule has 4 atom stereocenters. The second-order valence-corrected chi connectivity index (χ2v) is 13.0. The Bertz CT molecular complexity index is 1280. The number of benzene rings is 2. The molecule has 3 N–H and O–H groups in total. The van der Waals surface area contributed by atoms with E-state index in [2.05, 4.69) is 10.6 Å². The van der Waals surface area contributed by atoms with Crippen molar-refractivity contribution in [3.05, 3.63) is 59.7 Å². The van der Waals surface area contributed by atoms with Crippen LogP contribution in [0, 0.1) is 5.92 Å². The van der Waals surface area contributed by atoms with Crippen molar-refractivity contribution in [1.29, 1.82) is 0 Å². The Labute approximate surface area is 273 Å². The van der Waals surface area contributed by atoms with Gasteiger partial charge in [0.05, 0.1) is 30.4 Å². The summed E-state index contributed by atoms with van der Waals surface area (Å²) in [6.07, 6.45) is 7.32. The molecular weight excluding hydrogens is 584 g/mol. The maximum atomic E-state index is 14.3. The molecule has 0 bridgehead atoms. The van der Waals surface area contributed by atoms with E-state index in [1.807, 2.05) is 32.0 Å². The van der Waals surface area contributed by atoms with Crippen molar-refractivity contribution in [2.24, 2.45) is 5.92 Å². The monoisotopic (exact) mass is 636 g/mol. The van der Waals surface area contributed by atoms with Crippen LogP contribution in [-0.2, 0) is 4.74 Å². The zero-order chi connectivity index (χ0) is 33.1. The topological polar surface area (TPSA) is 120 Å². The summed E-state index contributed by atoms with van der Waals surface area (Å²) in [4.78, 5) is 43.7. The summed E-state index contributed by atoms with van der Waals surface area (Å²) < 4.78 is 12.7. The molecule has 4 rings (SSSR count). The van der Waals surface area contributed by atoms with E-state index in [4.69, 9.17) is 9.47 Å². The van der Waals surface area contributed by atoms with E-state index in [1.54, 1.807) is 54.1 Å². The Morgan fingerprint density at radius 1 is 1.02 bits per heavy atom. The summed E-state index contributed by atoms with van der Waals surface area (Å²) in [7, 11) is 1.77. The van der Waals surface area contributed by atoms with Gasteiger partial charge in [0, 0.05) is 50.0 Å². The van der Waals surface area contributed by atoms with Crippen molar-refractivity contribution in [1.82, 2.24) is 15.1 Å². The third-order valence-electron chi connectivity index (χ3n) is 9.07. The van der Waals surface area contributed by atoms with E-state index in [1.165, 1.54) is 6.42 Å². The Morgan fingerprint density at radius 2 is 1.74 bits per heavy atom. The van der Waals surface area contributed by atoms with Crippen LogP contribution in [0.3, 0.4) is 0 Å². The largest absolute Gasteiger partial charge is 0.490 e. The number of nitrogens with zero attached hydrogens (tertiary/aromatic N) is 2. The molecule has 252 valence electrons. The number of hydrogen-bond acceptors (Lipinski definition) is 6. The summed E-state index contributed by atoms with van der Waals surface area (Å²) in [5.41, 5.74) is 1.41. The molecule has 1 aliphatic carbocycles. The number of amides is 4. The third kappa shape index (κ3) is 9.93. The van der Waals surface area contributed by atoms with Gasteiger partial charge in [0.1, 0.15) is 5.75 Å². The van der Waals surface area contributed by atoms with Crippen LogP contribution in [0.2, 0.25) is 0 Å². The number of ether oxygens (including phenoxy) is 2. The van der Waals surface area contributed by atoms with Gasteiger partial charge in [-0.3, -0.25) is 9.59 Å². The molecule has 2 aromatic rings. The predicted octanol–water partition coefficient (Wildman–Crippen LogP) is 5.71. The summed E-state index contributed by atoms with van der Waals surface area (Å²) >= 11 is 0. The summed E-state index contributed by atoms with van der Waals surface area (Å²) in [6.45, 7) is 6.72. The minimum Gasteiger partial charge on any atom is -0.490 e. The first kappa shape index (κ1) is 35.2. The lowest BCUT2D eigenvalue weighted by Gasteiger charge is -2.36. The first-order valence-electron chi connectivity index (χ1n) is 16.9. The van der Waals surface area contributed by atoms with E-state index < -0.39 is 6.04 Å². The number of fused-ring (bicyclic) bond motifs is 1. The average Bonchev–Trinajstić information content (AvgIpc) is 3.06. The van der Waals surface area contributed by atoms with Gasteiger partial charge < -0.3 is 35.0 Å². The Kier molecular flexibility index (Phi) is 13.3. The van der Waals surface area contributed by atoms with Crippen LogP contribution in [0.4, 0.5) is 10.5 Å². The maximum absolute atomic E-state index is 14.3. The van der Waals surface area contributed by atoms with Gasteiger partial charge in [0.25, 0.3) is 11.8 Å². The highest BCUT2D eigenvalue weighted by molar-refractivity contribution is 5.99. The lowest BCUT2D eigenvalue weighted by Crippen LogP contribution is -2.48. The molecule has 0 unspecified atom stereocenters. The first-order valence-corrected chi connectivity index (χ1v) is 16.9. The highest BCUT2D eigenvalue weighted by atomic mass is 16.5. The number of anilines is 1. The van der Waals surface area contributed by atoms with Crippen LogP contribution in [0.1, 0.15) is 92.9 Å². The second-order valence-electron chi connectivity index (χ2n) is 13.0. The highest BCUT2D eigenvalue weighted by Crippen LogP contribution is 2.29. The molecule has 1 aliphatic heterocycles. The number of aliphatic hydroxyl groups excluding tert-OH is 1. The van der Waals surface area contributed by atoms with E-state index in [9.17, 15) is 19.5 Å². The van der Waals surface area contributed by atoms with Gasteiger partial charge >= 0.3 is 6.03 Å². The standard InChI is InChI=1S/C36H52N4O6/c1-25-22-40(26(2)24-41)35(43)31-21-30(38-36(44)37-29-16-9-6-10-17-29)18-19-32(31)46-27(3)13-11-12-20-45-33(25)23-39(4)34(42)28-14-7-5-8-15-28/h5,7-8,14-15,18-19,21,25-27,29,33,41H,6,9-13,16-17,20,22-24H2,1-4H3,(H2,37,38,44)/t25-,26-,27-,33+/m0/s1. The van der Waals surface area contributed by atoms with Crippen LogP contribution < -0.4 is 15.4 Å². The van der Waals surface area contributed by atoms with Crippen LogP contribution >= 0.6 is 0 Å². The molecule has 1 fully saturated rings. The van der Waals surface area contributed by atoms with Crippen LogP contribution in [-0.4, -0.2) is 90.4 Å². The maximum Gasteiger partial charge on any atom is 0.319 e. The van der Waals surface area contributed by atoms with Crippen molar-refractivity contribution in [2.75, 3.05) is 38.7 Å². The fraction of sp³-hybridized carbons (Fsp3) is 0.583. The Hall–Kier alpha value is -3.63. The second kappa shape index (κ2) is 17.3. The Morgan fingerprint density at radius 3 is 2.46 bits per heavy atom. The number of carbonyl (C=O) groups excluding carboxylic acids is 3. The molecule has 10 heteroatoms. The zero-order valence-electron chi connectivity index (χ0n) is 27.9. The van der Waals surface area contributed by atoms with E-state index >= 15 is 0 Å². The van der Waals surface area contributed by atoms with Crippen LogP contribution in [0.25, 0.3) is 0 Å². The molecule has 0 aromatic heterocycles. The summed E-state index contributed by atoms with van der Waals surface area (Å²) in [5.74, 6) is -0.134. The normalized spacial score (nSPS) is 22.5. The van der Waals surface area contributed by atoms with Crippen LogP contribution in [0.5, 0.6) is 5.75 Å². The van der Waals surface area contributed by atoms with E-state index in [-0.39, 0.29) is 55.2 Å². The van der Waals surface area contributed by atoms with Crippen molar-refractivity contribution < 1.29 is 29.0 Å². The van der Waals surface area contributed by atoms with Crippen LogP contribution in [0.15, 0.2) is 48.5 Å². The quantitative estimate of drug-likeness (QED) is 0.358. The molecule has 0 saturated heterocycles. The number of nitrogens with one attached hydrogen (secondary N) is 2. The number of urea groups is 1. The number of hydrogen-bond donors (Lipinski definition) is 3. The van der Waals surface area contributed by atoms with E-state index in [0.29, 0.717) is 35.7 Å². The molecule has 0 spiro atoms. The third-order valence-corrected chi connectivity index (χ3v) is 9.07. The van der Waals surface area contributed by atoms with Crippen molar-refractivity contribution in [3.8, 4) is 5.75 Å². The first-order chi connectivity index (χ1) is 22.2. The zero-order valence-corrected chi connectivity index (χ0v) is 27.9. The molecule has 1 saturated carbocycles. The number of carbonyl (C=O) groups is 3. The summed E-state index contributed by atoms with van der Waals surface area (Å²) in [5, 5.41) is 16.2. The lowest BCUT2D eigenvalue weighted by atomic mass is 9.96. The van der Waals surface area contributed by atoms with Gasteiger partial charge in [-0.2, -0.15) is 0 Å². The number of aliphatic hydroxyl groups is 1. The fourth-order valence-corrected chi connectivity index (χ4v) is 6.22. The van der Waals surface area contributed by atoms with Crippen molar-refractivity contribution in [2.45, 2.75) is 96.4 Å². The number of rotatable bonds is 7. The molecule has 10 nitrogen and oxygen atoms in total. The van der Waals surface area contributed by atoms with Gasteiger partial charge in [0.2, 0.25) is 0 Å². The molecular formula is C36H52N4O6. The van der Waals surface area contributed by atoms with Gasteiger partial charge in [-0.25, -0.2) is 4.79 Å². The number of likely N-dealkylation sites (N-methyl/N-ethyl adjacent to an activating group) is 1. The van der Waals surface area contributed by atoms with Gasteiger partial charge in [-0.1, -0.05) is 44.4 Å². The molecule has 2 aromatic carbocycles. The SMILES string of the molecule is C[C@H]1CCCCO[C@H](CN(C)C(=O)c2ccccc2)[C@@H](C)CN([C@@H](C)CO)C(=O)c2cc(NC(=O)NC3CCCCC3)ccc2O1. The molecule has 2 aliphatic rings. The molecule has 0 radical (unpaired) electrons. The lowest BCUT2D eigenvalue weighted by molar-refractivity contribution is -0.0149. The van der Waals surface area contributed by atoms with Gasteiger partial charge in [-0.15, -0.1) is 0 Å². The molecule has 4 amide bonds. The van der Waals surface area contributed by atoms with Gasteiger partial charge in [0.15, 0.2) is 0 Å². The average molecular weight is 637 g/mol. The smallest absolute Gasteiger partial charge is 0.319 e. The fourth-order valence-electron chi connectivity index (χ4n) is 6.22. The van der Waals surface area contributed by atoms with Crippen molar-refractivity contribution >= 4 is 23.5 Å². The van der Waals surface area contributed by atoms with E-state index in [0.717, 1.165) is 44.9 Å². The molecule has 46 heavy (non-hydrogen) atoms. The highest BCUT2D eigenvalue weighted by Gasteiger charge is 2.31. The van der Waals surface area contributed by atoms with Gasteiger partial charge in [-0.05, 0) is 76.3 Å². The Balaban J connectivity index is 1.58. The minimum absolute atomic E-state index is 0.0973. The minimum atomic E-state index is -0.497. The predicted molar refractivity (Wildman–Crippen MR) is 179 cm³/mol. The van der Waals surface area contributed by atoms with Crippen molar-refractivity contribution in [3.63, 3.8) is 0 Å². The summed E-state index contributed by atoms with van der Waals surface area (Å²) in [6, 6.07) is 13.7. The molecule has 1 heterocycles.